The van der Waals surface area contributed by atoms with E-state index in [1.807, 2.05) is 48.5 Å². The number of nitrogens with one attached hydrogen (secondary N) is 1. The fraction of sp³-hybridized carbons (Fsp3) is 0.440. The minimum absolute atomic E-state index is 0.114. The number of carboxylic acids is 1. The Kier molecular flexibility index (Phi) is 5.61. The van der Waals surface area contributed by atoms with Crippen molar-refractivity contribution in [2.45, 2.75) is 62.5 Å². The van der Waals surface area contributed by atoms with E-state index < -0.39 is 12.1 Å². The van der Waals surface area contributed by atoms with Gasteiger partial charge in [0.15, 0.2) is 0 Å². The van der Waals surface area contributed by atoms with Crippen molar-refractivity contribution in [3.63, 3.8) is 0 Å². The van der Waals surface area contributed by atoms with Crippen molar-refractivity contribution in [2.24, 2.45) is 0 Å². The molecule has 1 unspecified atom stereocenters. The van der Waals surface area contributed by atoms with Crippen molar-refractivity contribution >= 4 is 17.7 Å². The zero-order valence-corrected chi connectivity index (χ0v) is 18.1. The molecule has 168 valence electrons. The molecule has 0 saturated carbocycles. The first kappa shape index (κ1) is 21.0. The summed E-state index contributed by atoms with van der Waals surface area (Å²) >= 11 is 0. The smallest absolute Gasteiger partial charge is 0.411 e. The molecule has 3 saturated heterocycles. The van der Waals surface area contributed by atoms with Gasteiger partial charge in [0.05, 0.1) is 5.69 Å². The number of hydrogen-bond acceptors (Lipinski definition) is 5. The van der Waals surface area contributed by atoms with E-state index in [1.54, 1.807) is 0 Å². The van der Waals surface area contributed by atoms with E-state index in [0.717, 1.165) is 29.5 Å². The lowest BCUT2D eigenvalue weighted by Gasteiger charge is -2.37. The van der Waals surface area contributed by atoms with E-state index in [4.69, 9.17) is 14.6 Å². The molecular weight excluding hydrogens is 408 g/mol. The number of fused-ring (bicyclic) bond motifs is 5. The number of benzene rings is 2. The van der Waals surface area contributed by atoms with Gasteiger partial charge in [-0.25, -0.2) is 4.79 Å². The molecule has 2 aromatic carbocycles. The van der Waals surface area contributed by atoms with Crippen LogP contribution < -0.4 is 5.32 Å². The molecule has 3 heterocycles. The van der Waals surface area contributed by atoms with Crippen molar-refractivity contribution in [1.82, 2.24) is 4.90 Å². The van der Waals surface area contributed by atoms with Crippen molar-refractivity contribution in [3.05, 3.63) is 54.1 Å². The van der Waals surface area contributed by atoms with Crippen LogP contribution in [-0.2, 0) is 20.7 Å². The lowest BCUT2D eigenvalue weighted by molar-refractivity contribution is -0.137. The molecule has 32 heavy (non-hydrogen) atoms. The average molecular weight is 437 g/mol. The van der Waals surface area contributed by atoms with Gasteiger partial charge in [-0.2, -0.15) is 0 Å². The number of rotatable bonds is 7. The quantitative estimate of drug-likeness (QED) is 0.640. The number of piperidine rings is 1. The summed E-state index contributed by atoms with van der Waals surface area (Å²) in [5, 5.41) is 11.9. The van der Waals surface area contributed by atoms with Gasteiger partial charge in [0.25, 0.3) is 0 Å². The Labute approximate surface area is 187 Å². The molecule has 5 rings (SSSR count). The summed E-state index contributed by atoms with van der Waals surface area (Å²) in [4.78, 5) is 26.0. The standard InChI is InChI=1S/C25H28N2O5/c1-27-20-13-17(14-21(27)24-23(20)32-24)31-25(30)26-19-12-15(6-5-9-22(28)29)10-11-18(19)16-7-3-2-4-8-16/h2-4,7-8,10-12,17,20-21,23-24H,5-6,9,13-14H2,1H3,(H,26,30)(H,28,29)/t17?,20-,21+,23-,24+. The largest absolute Gasteiger partial charge is 0.481 e. The van der Waals surface area contributed by atoms with E-state index in [-0.39, 0.29) is 12.5 Å². The maximum atomic E-state index is 12.8. The second-order valence-electron chi connectivity index (χ2n) is 8.98. The summed E-state index contributed by atoms with van der Waals surface area (Å²) in [6, 6.07) is 16.4. The summed E-state index contributed by atoms with van der Waals surface area (Å²) in [7, 11) is 2.13. The Bertz CT molecular complexity index is 993. The van der Waals surface area contributed by atoms with Gasteiger partial charge < -0.3 is 14.6 Å². The van der Waals surface area contributed by atoms with Crippen molar-refractivity contribution < 1.29 is 24.2 Å². The summed E-state index contributed by atoms with van der Waals surface area (Å²) in [5.74, 6) is -0.803. The molecule has 1 amide bonds. The van der Waals surface area contributed by atoms with Crippen molar-refractivity contribution in [3.8, 4) is 11.1 Å². The van der Waals surface area contributed by atoms with Gasteiger partial charge in [0.1, 0.15) is 18.3 Å². The molecule has 3 fully saturated rings. The summed E-state index contributed by atoms with van der Waals surface area (Å²) in [5.41, 5.74) is 3.56. The maximum Gasteiger partial charge on any atom is 0.411 e. The molecule has 0 aromatic heterocycles. The molecule has 0 spiro atoms. The summed E-state index contributed by atoms with van der Waals surface area (Å²) in [6.07, 6.45) is 2.92. The highest BCUT2D eigenvalue weighted by Gasteiger charge is 2.62. The van der Waals surface area contributed by atoms with Crippen LogP contribution in [0.3, 0.4) is 0 Å². The number of ether oxygens (including phenoxy) is 2. The van der Waals surface area contributed by atoms with Crippen LogP contribution in [0.15, 0.2) is 48.5 Å². The van der Waals surface area contributed by atoms with E-state index in [1.165, 1.54) is 0 Å². The highest BCUT2D eigenvalue weighted by atomic mass is 16.6. The predicted molar refractivity (Wildman–Crippen MR) is 120 cm³/mol. The first-order chi connectivity index (χ1) is 15.5. The Morgan fingerprint density at radius 1 is 1.12 bits per heavy atom. The zero-order chi connectivity index (χ0) is 22.2. The maximum absolute atomic E-state index is 12.8. The van der Waals surface area contributed by atoms with Crippen LogP contribution in [-0.4, -0.2) is 59.5 Å². The Balaban J connectivity index is 1.29. The number of morpholine rings is 1. The summed E-state index contributed by atoms with van der Waals surface area (Å²) in [6.45, 7) is 0. The molecule has 7 nitrogen and oxygen atoms in total. The monoisotopic (exact) mass is 436 g/mol. The van der Waals surface area contributed by atoms with Crippen molar-refractivity contribution in [1.29, 1.82) is 0 Å². The minimum Gasteiger partial charge on any atom is -0.481 e. The molecule has 5 atom stereocenters. The predicted octanol–water partition coefficient (Wildman–Crippen LogP) is 3.92. The van der Waals surface area contributed by atoms with Crippen molar-refractivity contribution in [2.75, 3.05) is 12.4 Å². The number of nitrogens with zero attached hydrogens (tertiary/aromatic N) is 1. The molecular formula is C25H28N2O5. The number of anilines is 1. The van der Waals surface area contributed by atoms with Gasteiger partial charge in [-0.15, -0.1) is 0 Å². The van der Waals surface area contributed by atoms with Crippen LogP contribution in [0, 0.1) is 0 Å². The lowest BCUT2D eigenvalue weighted by atomic mass is 9.99. The SMILES string of the molecule is CN1[C@@H]2CC(OC(=O)Nc3cc(CCCC(=O)O)ccc3-c3ccccc3)C[C@H]1[C@@H]1O[C@@H]12. The molecule has 0 aliphatic carbocycles. The van der Waals surface area contributed by atoms with E-state index in [0.29, 0.717) is 42.8 Å². The zero-order valence-electron chi connectivity index (χ0n) is 18.1. The van der Waals surface area contributed by atoms with Gasteiger partial charge in [0, 0.05) is 36.9 Å². The molecule has 2 N–H and O–H groups in total. The number of aryl methyl sites for hydroxylation is 1. The second-order valence-corrected chi connectivity index (χ2v) is 8.98. The fourth-order valence-electron chi connectivity index (χ4n) is 5.25. The van der Waals surface area contributed by atoms with Gasteiger partial charge in [0.2, 0.25) is 0 Å². The Hall–Kier alpha value is -2.90. The topological polar surface area (TPSA) is 91.4 Å². The number of hydrogen-bond donors (Lipinski definition) is 2. The summed E-state index contributed by atoms with van der Waals surface area (Å²) < 4.78 is 11.6. The van der Waals surface area contributed by atoms with E-state index >= 15 is 0 Å². The third-order valence-corrected chi connectivity index (χ3v) is 6.91. The van der Waals surface area contributed by atoms with Crippen LogP contribution in [0.2, 0.25) is 0 Å². The average Bonchev–Trinajstić information content (AvgIpc) is 3.53. The highest BCUT2D eigenvalue weighted by Crippen LogP contribution is 2.48. The highest BCUT2D eigenvalue weighted by molar-refractivity contribution is 5.91. The second kappa shape index (κ2) is 8.56. The normalized spacial score (nSPS) is 28.1. The molecule has 3 aliphatic heterocycles. The van der Waals surface area contributed by atoms with Gasteiger partial charge in [-0.1, -0.05) is 42.5 Å². The van der Waals surface area contributed by atoms with E-state index in [9.17, 15) is 9.59 Å². The fourth-order valence-corrected chi connectivity index (χ4v) is 5.25. The number of carbonyl (C=O) groups excluding carboxylic acids is 1. The van der Waals surface area contributed by atoms with Gasteiger partial charge in [-0.05, 0) is 37.1 Å². The number of carboxylic acid groups (broad SMARTS) is 1. The van der Waals surface area contributed by atoms with Crippen LogP contribution in [0.25, 0.3) is 11.1 Å². The Morgan fingerprint density at radius 3 is 2.53 bits per heavy atom. The van der Waals surface area contributed by atoms with Gasteiger partial charge >= 0.3 is 12.1 Å². The Morgan fingerprint density at radius 2 is 1.84 bits per heavy atom. The molecule has 7 heteroatoms. The molecule has 0 radical (unpaired) electrons. The molecule has 2 bridgehead atoms. The number of epoxide rings is 1. The minimum atomic E-state index is -0.803. The van der Waals surface area contributed by atoms with Crippen LogP contribution in [0.5, 0.6) is 0 Å². The van der Waals surface area contributed by atoms with Crippen LogP contribution >= 0.6 is 0 Å². The van der Waals surface area contributed by atoms with Crippen LogP contribution in [0.4, 0.5) is 10.5 Å². The lowest BCUT2D eigenvalue weighted by Crippen LogP contribution is -2.48. The molecule has 2 aromatic rings. The first-order valence-corrected chi connectivity index (χ1v) is 11.2. The number of carbonyl (C=O) groups is 2. The third-order valence-electron chi connectivity index (χ3n) is 6.91. The third kappa shape index (κ3) is 4.23. The number of likely N-dealkylation sites (N-methyl/N-ethyl adjacent to an activating group) is 1. The first-order valence-electron chi connectivity index (χ1n) is 11.2. The number of aliphatic carboxylic acids is 1. The van der Waals surface area contributed by atoms with Crippen LogP contribution in [0.1, 0.15) is 31.2 Å². The van der Waals surface area contributed by atoms with E-state index in [2.05, 4.69) is 17.3 Å². The number of amides is 1. The van der Waals surface area contributed by atoms with Gasteiger partial charge in [-0.3, -0.25) is 15.0 Å². The molecule has 3 aliphatic rings.